The number of hydrogen-bond acceptors (Lipinski definition) is 7. The van der Waals surface area contributed by atoms with Crippen LogP contribution in [0, 0.1) is 5.92 Å². The Morgan fingerprint density at radius 1 is 0.788 bits per heavy atom. The van der Waals surface area contributed by atoms with Crippen molar-refractivity contribution in [3.63, 3.8) is 0 Å². The van der Waals surface area contributed by atoms with E-state index in [9.17, 15) is 24.3 Å². The molecular formula is C24H26N2O6S. The fourth-order valence-electron chi connectivity index (χ4n) is 4.61. The summed E-state index contributed by atoms with van der Waals surface area (Å²) < 4.78 is 0. The van der Waals surface area contributed by atoms with Crippen LogP contribution in [0.15, 0.2) is 24.3 Å². The summed E-state index contributed by atoms with van der Waals surface area (Å²) in [6, 6.07) is 5.48. The van der Waals surface area contributed by atoms with Crippen LogP contribution in [0.4, 0.5) is 0 Å². The highest BCUT2D eigenvalue weighted by molar-refractivity contribution is 7.99. The van der Waals surface area contributed by atoms with E-state index in [2.05, 4.69) is 0 Å². The molecule has 2 aromatic carbocycles. The SMILES string of the molecule is CC(C)CC(CO)N1C(=O)c2ccc3c4c(ccc(c24)C1=O)C(=O)N(CCSCCO)C3=O. The lowest BCUT2D eigenvalue weighted by atomic mass is 9.85. The Morgan fingerprint density at radius 2 is 1.27 bits per heavy atom. The standard InChI is InChI=1S/C24H26N2O6S/c1-13(2)11-14(12-28)26-23(31)17-5-3-15-19-16(4-6-18(20(17)19)24(26)32)22(30)25(21(15)29)7-9-33-10-8-27/h3-6,13-14,27-28H,7-12H2,1-2H3. The van der Waals surface area contributed by atoms with Crippen LogP contribution in [0.1, 0.15) is 61.7 Å². The van der Waals surface area contributed by atoms with Gasteiger partial charge in [-0.3, -0.25) is 29.0 Å². The Labute approximate surface area is 195 Å². The fourth-order valence-corrected chi connectivity index (χ4v) is 5.25. The molecule has 2 aliphatic rings. The van der Waals surface area contributed by atoms with Gasteiger partial charge in [-0.1, -0.05) is 13.8 Å². The third-order valence-electron chi connectivity index (χ3n) is 6.02. The number of aliphatic hydroxyl groups excluding tert-OH is 2. The zero-order valence-electron chi connectivity index (χ0n) is 18.5. The smallest absolute Gasteiger partial charge is 0.261 e. The van der Waals surface area contributed by atoms with Crippen LogP contribution in [0.25, 0.3) is 10.8 Å². The number of carbonyl (C=O) groups excluding carboxylic acids is 4. The van der Waals surface area contributed by atoms with Crippen molar-refractivity contribution in [1.29, 1.82) is 0 Å². The van der Waals surface area contributed by atoms with Crippen LogP contribution in [0.5, 0.6) is 0 Å². The summed E-state index contributed by atoms with van der Waals surface area (Å²) in [4.78, 5) is 55.3. The molecule has 2 N–H and O–H groups in total. The van der Waals surface area contributed by atoms with E-state index in [0.717, 1.165) is 4.90 Å². The molecule has 33 heavy (non-hydrogen) atoms. The fraction of sp³-hybridized carbons (Fsp3) is 0.417. The third-order valence-corrected chi connectivity index (χ3v) is 6.97. The predicted molar refractivity (Wildman–Crippen MR) is 125 cm³/mol. The maximum Gasteiger partial charge on any atom is 0.261 e. The van der Waals surface area contributed by atoms with Crippen molar-refractivity contribution >= 4 is 46.2 Å². The molecule has 9 heteroatoms. The molecule has 0 aromatic heterocycles. The molecule has 174 valence electrons. The molecular weight excluding hydrogens is 444 g/mol. The van der Waals surface area contributed by atoms with Gasteiger partial charge in [-0.25, -0.2) is 0 Å². The first-order valence-corrected chi connectivity index (χ1v) is 12.1. The van der Waals surface area contributed by atoms with Gasteiger partial charge < -0.3 is 10.2 Å². The minimum absolute atomic E-state index is 0.0215. The Balaban J connectivity index is 1.79. The average Bonchev–Trinajstić information content (AvgIpc) is 2.79. The summed E-state index contributed by atoms with van der Waals surface area (Å²) in [6.07, 6.45) is 0.461. The van der Waals surface area contributed by atoms with E-state index in [-0.39, 0.29) is 47.9 Å². The molecule has 0 bridgehead atoms. The number of rotatable bonds is 9. The van der Waals surface area contributed by atoms with E-state index in [1.165, 1.54) is 40.9 Å². The molecule has 1 unspecified atom stereocenters. The second-order valence-electron chi connectivity index (χ2n) is 8.62. The van der Waals surface area contributed by atoms with Crippen LogP contribution >= 0.6 is 11.8 Å². The first kappa shape index (κ1) is 23.4. The van der Waals surface area contributed by atoms with E-state index in [4.69, 9.17) is 5.11 Å². The number of amides is 4. The first-order chi connectivity index (χ1) is 15.8. The van der Waals surface area contributed by atoms with Crippen molar-refractivity contribution < 1.29 is 29.4 Å². The van der Waals surface area contributed by atoms with Crippen LogP contribution in [-0.4, -0.2) is 80.9 Å². The highest BCUT2D eigenvalue weighted by atomic mass is 32.2. The zero-order valence-corrected chi connectivity index (χ0v) is 19.4. The van der Waals surface area contributed by atoms with Gasteiger partial charge in [0, 0.05) is 51.1 Å². The lowest BCUT2D eigenvalue weighted by molar-refractivity contribution is 0.0442. The Hall–Kier alpha value is -2.75. The molecule has 0 aliphatic carbocycles. The predicted octanol–water partition coefficient (Wildman–Crippen LogP) is 2.16. The number of imide groups is 2. The molecule has 0 radical (unpaired) electrons. The molecule has 4 rings (SSSR count). The normalized spacial score (nSPS) is 16.4. The summed E-state index contributed by atoms with van der Waals surface area (Å²) in [6.45, 7) is 3.78. The Bertz CT molecular complexity index is 1090. The van der Waals surface area contributed by atoms with Gasteiger partial charge in [0.2, 0.25) is 0 Å². The van der Waals surface area contributed by atoms with Gasteiger partial charge in [-0.2, -0.15) is 11.8 Å². The average molecular weight is 471 g/mol. The van der Waals surface area contributed by atoms with Crippen LogP contribution in [-0.2, 0) is 0 Å². The number of thioether (sulfide) groups is 1. The van der Waals surface area contributed by atoms with Gasteiger partial charge in [0.25, 0.3) is 23.6 Å². The van der Waals surface area contributed by atoms with Crippen molar-refractivity contribution in [2.24, 2.45) is 5.92 Å². The van der Waals surface area contributed by atoms with E-state index >= 15 is 0 Å². The third kappa shape index (κ3) is 3.84. The number of carbonyl (C=O) groups is 4. The molecule has 0 saturated carbocycles. The number of hydrogen-bond donors (Lipinski definition) is 2. The van der Waals surface area contributed by atoms with Crippen molar-refractivity contribution in [3.8, 4) is 0 Å². The number of nitrogens with zero attached hydrogens (tertiary/aromatic N) is 2. The molecule has 1 atom stereocenters. The zero-order chi connectivity index (χ0) is 23.9. The van der Waals surface area contributed by atoms with Gasteiger partial charge >= 0.3 is 0 Å². The van der Waals surface area contributed by atoms with E-state index in [1.807, 2.05) is 13.8 Å². The Morgan fingerprint density at radius 3 is 1.70 bits per heavy atom. The van der Waals surface area contributed by atoms with Gasteiger partial charge in [-0.05, 0) is 36.6 Å². The summed E-state index contributed by atoms with van der Waals surface area (Å²) >= 11 is 1.44. The lowest BCUT2D eigenvalue weighted by Crippen LogP contribution is -2.49. The highest BCUT2D eigenvalue weighted by Gasteiger charge is 2.41. The van der Waals surface area contributed by atoms with E-state index < -0.39 is 29.7 Å². The topological polar surface area (TPSA) is 115 Å². The van der Waals surface area contributed by atoms with Crippen molar-refractivity contribution in [1.82, 2.24) is 9.80 Å². The largest absolute Gasteiger partial charge is 0.396 e. The molecule has 0 spiro atoms. The van der Waals surface area contributed by atoms with Crippen molar-refractivity contribution in [2.45, 2.75) is 26.3 Å². The van der Waals surface area contributed by atoms with Crippen molar-refractivity contribution in [3.05, 3.63) is 46.5 Å². The molecule has 0 fully saturated rings. The second kappa shape index (κ2) is 9.24. The maximum atomic E-state index is 13.3. The maximum absolute atomic E-state index is 13.3. The van der Waals surface area contributed by atoms with E-state index in [1.54, 1.807) is 0 Å². The Kier molecular flexibility index (Phi) is 6.56. The van der Waals surface area contributed by atoms with Gasteiger partial charge in [0.1, 0.15) is 0 Å². The number of aliphatic hydroxyl groups is 2. The summed E-state index contributed by atoms with van der Waals surface area (Å²) in [7, 11) is 0. The monoisotopic (exact) mass is 470 g/mol. The second-order valence-corrected chi connectivity index (χ2v) is 9.84. The molecule has 0 saturated heterocycles. The van der Waals surface area contributed by atoms with Crippen LogP contribution in [0.2, 0.25) is 0 Å². The van der Waals surface area contributed by atoms with Gasteiger partial charge in [-0.15, -0.1) is 0 Å². The first-order valence-electron chi connectivity index (χ1n) is 10.9. The molecule has 4 amide bonds. The van der Waals surface area contributed by atoms with Gasteiger partial charge in [0.15, 0.2) is 0 Å². The minimum atomic E-state index is -0.657. The van der Waals surface area contributed by atoms with Crippen LogP contribution < -0.4 is 0 Å². The van der Waals surface area contributed by atoms with Crippen molar-refractivity contribution in [2.75, 3.05) is 31.3 Å². The summed E-state index contributed by atoms with van der Waals surface area (Å²) in [5, 5.41) is 19.5. The summed E-state index contributed by atoms with van der Waals surface area (Å²) in [5.41, 5.74) is 1.07. The summed E-state index contributed by atoms with van der Waals surface area (Å²) in [5.74, 6) is -0.806. The van der Waals surface area contributed by atoms with Crippen LogP contribution in [0.3, 0.4) is 0 Å². The highest BCUT2D eigenvalue weighted by Crippen LogP contribution is 2.38. The molecule has 2 aliphatic heterocycles. The quantitative estimate of drug-likeness (QED) is 0.426. The lowest BCUT2D eigenvalue weighted by Gasteiger charge is -2.35. The molecule has 2 heterocycles. The molecule has 8 nitrogen and oxygen atoms in total. The minimum Gasteiger partial charge on any atom is -0.396 e. The molecule has 2 aromatic rings. The van der Waals surface area contributed by atoms with Gasteiger partial charge in [0.05, 0.1) is 19.3 Å². The number of benzene rings is 2. The van der Waals surface area contributed by atoms with E-state index in [0.29, 0.717) is 28.7 Å².